The van der Waals surface area contributed by atoms with Crippen molar-refractivity contribution >= 4 is 31.4 Å². The number of ether oxygens (including phenoxy) is 1. The number of sulfone groups is 1. The first-order chi connectivity index (χ1) is 11.5. The van der Waals surface area contributed by atoms with Crippen LogP contribution in [0.1, 0.15) is 23.3 Å². The summed E-state index contributed by atoms with van der Waals surface area (Å²) >= 11 is 1.70. The summed E-state index contributed by atoms with van der Waals surface area (Å²) in [4.78, 5) is 11.2. The van der Waals surface area contributed by atoms with E-state index in [4.69, 9.17) is 4.74 Å². The number of nitrogens with zero attached hydrogens (tertiary/aromatic N) is 2. The average molecular weight is 360 g/mol. The zero-order valence-electron chi connectivity index (χ0n) is 13.2. The number of aryl methyl sites for hydroxylation is 2. The molecule has 2 aromatic heterocycles. The molecule has 0 atom stereocenters. The van der Waals surface area contributed by atoms with Gasteiger partial charge in [0.05, 0.1) is 10.3 Å². The minimum atomic E-state index is -3.27. The summed E-state index contributed by atoms with van der Waals surface area (Å²) in [5.41, 5.74) is 1.29. The molecule has 24 heavy (non-hydrogen) atoms. The number of aromatic nitrogens is 2. The maximum atomic E-state index is 11.7. The molecule has 0 saturated heterocycles. The molecular weight excluding hydrogens is 344 g/mol. The highest BCUT2D eigenvalue weighted by Gasteiger charge is 2.21. The van der Waals surface area contributed by atoms with E-state index in [0.29, 0.717) is 11.6 Å². The predicted octanol–water partition coefficient (Wildman–Crippen LogP) is 3.77. The van der Waals surface area contributed by atoms with Gasteiger partial charge in [-0.1, -0.05) is 6.07 Å². The number of thiophene rings is 1. The van der Waals surface area contributed by atoms with E-state index in [0.717, 1.165) is 29.5 Å². The Morgan fingerprint density at radius 3 is 2.83 bits per heavy atom. The smallest absolute Gasteiger partial charge is 0.231 e. The zero-order valence-corrected chi connectivity index (χ0v) is 14.8. The molecule has 0 N–H and O–H groups in total. The van der Waals surface area contributed by atoms with E-state index >= 15 is 0 Å². The second-order valence-corrected chi connectivity index (χ2v) is 9.02. The molecule has 5 nitrogen and oxygen atoms in total. The van der Waals surface area contributed by atoms with Gasteiger partial charge < -0.3 is 4.74 Å². The third kappa shape index (κ3) is 2.78. The van der Waals surface area contributed by atoms with Crippen LogP contribution in [0.3, 0.4) is 0 Å². The summed E-state index contributed by atoms with van der Waals surface area (Å²) in [6.07, 6.45) is 7.16. The van der Waals surface area contributed by atoms with Gasteiger partial charge in [-0.15, -0.1) is 11.3 Å². The normalized spacial score (nSPS) is 14.5. The van der Waals surface area contributed by atoms with Crippen LogP contribution >= 0.6 is 11.3 Å². The molecule has 0 bridgehead atoms. The topological polar surface area (TPSA) is 69.2 Å². The van der Waals surface area contributed by atoms with Crippen LogP contribution < -0.4 is 4.74 Å². The standard InChI is InChI=1S/C17H16N2O3S2/c1-24(20,21)12-6-4-5-11(9-12)22-16-15-13-7-2-3-8-14(13)23-17(15)19-10-18-16/h4-6,9-10H,2-3,7-8H2,1H3. The first-order valence-corrected chi connectivity index (χ1v) is 10.5. The molecule has 4 rings (SSSR count). The zero-order chi connectivity index (χ0) is 16.7. The van der Waals surface area contributed by atoms with Crippen molar-refractivity contribution in [2.24, 2.45) is 0 Å². The summed E-state index contributed by atoms with van der Waals surface area (Å²) in [6.45, 7) is 0. The van der Waals surface area contributed by atoms with Crippen LogP contribution in [0.15, 0.2) is 35.5 Å². The van der Waals surface area contributed by atoms with Crippen LogP contribution in [0, 0.1) is 0 Å². The highest BCUT2D eigenvalue weighted by atomic mass is 32.2. The van der Waals surface area contributed by atoms with Gasteiger partial charge in [0.25, 0.3) is 0 Å². The van der Waals surface area contributed by atoms with E-state index in [1.165, 1.54) is 35.5 Å². The van der Waals surface area contributed by atoms with E-state index in [9.17, 15) is 8.42 Å². The molecule has 1 aromatic carbocycles. The van der Waals surface area contributed by atoms with Crippen molar-refractivity contribution in [1.82, 2.24) is 9.97 Å². The number of fused-ring (bicyclic) bond motifs is 3. The van der Waals surface area contributed by atoms with Gasteiger partial charge in [-0.25, -0.2) is 18.4 Å². The van der Waals surface area contributed by atoms with Crippen molar-refractivity contribution < 1.29 is 13.2 Å². The van der Waals surface area contributed by atoms with Crippen LogP contribution in [0.5, 0.6) is 11.6 Å². The molecule has 0 unspecified atom stereocenters. The maximum Gasteiger partial charge on any atom is 0.231 e. The molecular formula is C17H16N2O3S2. The molecule has 0 spiro atoms. The van der Waals surface area contributed by atoms with Crippen molar-refractivity contribution in [3.8, 4) is 11.6 Å². The van der Waals surface area contributed by atoms with Crippen molar-refractivity contribution in [1.29, 1.82) is 0 Å². The highest BCUT2D eigenvalue weighted by Crippen LogP contribution is 2.40. The van der Waals surface area contributed by atoms with Crippen LogP contribution in [0.4, 0.5) is 0 Å². The van der Waals surface area contributed by atoms with E-state index in [1.807, 2.05) is 0 Å². The van der Waals surface area contributed by atoms with Gasteiger partial charge in [0, 0.05) is 11.1 Å². The van der Waals surface area contributed by atoms with E-state index in [1.54, 1.807) is 29.5 Å². The molecule has 124 valence electrons. The fourth-order valence-electron chi connectivity index (χ4n) is 3.02. The third-order valence-corrected chi connectivity index (χ3v) is 6.47. The molecule has 0 saturated carbocycles. The van der Waals surface area contributed by atoms with Gasteiger partial charge in [0.1, 0.15) is 16.9 Å². The summed E-state index contributed by atoms with van der Waals surface area (Å²) in [5, 5.41) is 0.974. The van der Waals surface area contributed by atoms with Gasteiger partial charge in [-0.05, 0) is 49.4 Å². The summed E-state index contributed by atoms with van der Waals surface area (Å²) < 4.78 is 29.4. The molecule has 7 heteroatoms. The Labute approximate surface area is 144 Å². The first-order valence-electron chi connectivity index (χ1n) is 7.75. The summed E-state index contributed by atoms with van der Waals surface area (Å²) in [5.74, 6) is 0.971. The van der Waals surface area contributed by atoms with E-state index in [-0.39, 0.29) is 4.90 Å². The first kappa shape index (κ1) is 15.5. The van der Waals surface area contributed by atoms with E-state index < -0.39 is 9.84 Å². The van der Waals surface area contributed by atoms with Gasteiger partial charge in [0.2, 0.25) is 5.88 Å². The number of hydrogen-bond acceptors (Lipinski definition) is 6. The Bertz CT molecular complexity index is 1030. The molecule has 3 aromatic rings. The average Bonchev–Trinajstić information content (AvgIpc) is 2.94. The number of hydrogen-bond donors (Lipinski definition) is 0. The second kappa shape index (κ2) is 5.82. The van der Waals surface area contributed by atoms with Crippen molar-refractivity contribution in [3.63, 3.8) is 0 Å². The quantitative estimate of drug-likeness (QED) is 0.711. The summed E-state index contributed by atoms with van der Waals surface area (Å²) in [7, 11) is -3.27. The van der Waals surface area contributed by atoms with Crippen LogP contribution in [-0.4, -0.2) is 24.6 Å². The Hall–Kier alpha value is -1.99. The molecule has 0 aliphatic heterocycles. The van der Waals surface area contributed by atoms with Gasteiger partial charge in [0.15, 0.2) is 9.84 Å². The largest absolute Gasteiger partial charge is 0.438 e. The highest BCUT2D eigenvalue weighted by molar-refractivity contribution is 7.90. The molecule has 2 heterocycles. The Morgan fingerprint density at radius 2 is 2.00 bits per heavy atom. The van der Waals surface area contributed by atoms with Crippen LogP contribution in [0.25, 0.3) is 10.2 Å². The Morgan fingerprint density at radius 1 is 1.17 bits per heavy atom. The fourth-order valence-corrected chi connectivity index (χ4v) is 4.89. The molecule has 0 radical (unpaired) electrons. The third-order valence-electron chi connectivity index (χ3n) is 4.16. The Balaban J connectivity index is 1.79. The Kier molecular flexibility index (Phi) is 3.77. The minimum absolute atomic E-state index is 0.234. The lowest BCUT2D eigenvalue weighted by molar-refractivity contribution is 0.466. The van der Waals surface area contributed by atoms with Gasteiger partial charge in [-0.2, -0.15) is 0 Å². The van der Waals surface area contributed by atoms with Crippen LogP contribution in [-0.2, 0) is 22.7 Å². The van der Waals surface area contributed by atoms with E-state index in [2.05, 4.69) is 9.97 Å². The molecule has 0 fully saturated rings. The lowest BCUT2D eigenvalue weighted by Gasteiger charge is -2.12. The van der Waals surface area contributed by atoms with Crippen LogP contribution in [0.2, 0.25) is 0 Å². The number of benzene rings is 1. The second-order valence-electron chi connectivity index (χ2n) is 5.92. The fraction of sp³-hybridized carbons (Fsp3) is 0.294. The van der Waals surface area contributed by atoms with Gasteiger partial charge in [-0.3, -0.25) is 0 Å². The SMILES string of the molecule is CS(=O)(=O)c1cccc(Oc2ncnc3sc4c(c23)CCCC4)c1. The van der Waals surface area contributed by atoms with Gasteiger partial charge >= 0.3 is 0 Å². The predicted molar refractivity (Wildman–Crippen MR) is 93.7 cm³/mol. The molecule has 1 aliphatic rings. The molecule has 0 amide bonds. The minimum Gasteiger partial charge on any atom is -0.438 e. The number of rotatable bonds is 3. The van der Waals surface area contributed by atoms with Crippen molar-refractivity contribution in [2.75, 3.05) is 6.26 Å². The lowest BCUT2D eigenvalue weighted by Crippen LogP contribution is -2.00. The van der Waals surface area contributed by atoms with Crippen molar-refractivity contribution in [2.45, 2.75) is 30.6 Å². The molecule has 1 aliphatic carbocycles. The lowest BCUT2D eigenvalue weighted by atomic mass is 9.97. The summed E-state index contributed by atoms with van der Waals surface area (Å²) in [6, 6.07) is 6.50. The van der Waals surface area contributed by atoms with Crippen molar-refractivity contribution in [3.05, 3.63) is 41.0 Å². The maximum absolute atomic E-state index is 11.7. The monoisotopic (exact) mass is 360 g/mol.